The normalized spacial score (nSPS) is 14.5. The van der Waals surface area contributed by atoms with Crippen molar-refractivity contribution in [3.8, 4) is 0 Å². The lowest BCUT2D eigenvalue weighted by Crippen LogP contribution is -2.37. The van der Waals surface area contributed by atoms with Crippen LogP contribution < -0.4 is 5.32 Å². The van der Waals surface area contributed by atoms with E-state index in [4.69, 9.17) is 16.3 Å². The van der Waals surface area contributed by atoms with E-state index >= 15 is 0 Å². The Bertz CT molecular complexity index is 773. The fraction of sp³-hybridized carbons (Fsp3) is 0.300. The molecule has 0 unspecified atom stereocenters. The Morgan fingerprint density at radius 1 is 1.15 bits per heavy atom. The van der Waals surface area contributed by atoms with Crippen molar-refractivity contribution < 1.29 is 14.3 Å². The highest BCUT2D eigenvalue weighted by molar-refractivity contribution is 7.98. The molecule has 1 saturated carbocycles. The molecule has 1 amide bonds. The van der Waals surface area contributed by atoms with Crippen LogP contribution in [0, 0.1) is 0 Å². The van der Waals surface area contributed by atoms with Crippen molar-refractivity contribution in [2.75, 3.05) is 0 Å². The molecule has 0 spiro atoms. The monoisotopic (exact) mass is 389 g/mol. The number of carbonyl (C=O) groups excluding carboxylic acids is 2. The number of ether oxygens (including phenoxy) is 1. The number of hydrogen-bond donors (Lipinski definition) is 1. The Hall–Kier alpha value is -1.98. The maximum absolute atomic E-state index is 12.2. The van der Waals surface area contributed by atoms with Crippen molar-refractivity contribution in [2.45, 2.75) is 42.6 Å². The van der Waals surface area contributed by atoms with Crippen molar-refractivity contribution in [2.24, 2.45) is 0 Å². The standard InChI is InChI=1S/C20H20ClNO3S/c1-13(19(23)22-17-8-9-17)25-20(24)15-4-2-14(3-5-15)12-26-18-10-6-16(21)7-11-18/h2-7,10-11,13,17H,8-9,12H2,1H3,(H,22,23)/t13-/m1/s1. The fourth-order valence-corrected chi connectivity index (χ4v) is 3.24. The largest absolute Gasteiger partial charge is 0.449 e. The summed E-state index contributed by atoms with van der Waals surface area (Å²) in [7, 11) is 0. The maximum atomic E-state index is 12.2. The molecule has 4 nitrogen and oxygen atoms in total. The minimum atomic E-state index is -0.789. The molecule has 1 fully saturated rings. The number of amides is 1. The highest BCUT2D eigenvalue weighted by Gasteiger charge is 2.27. The Kier molecular flexibility index (Phi) is 6.22. The van der Waals surface area contributed by atoms with Crippen LogP contribution in [0.15, 0.2) is 53.4 Å². The van der Waals surface area contributed by atoms with Gasteiger partial charge in [-0.05, 0) is 61.7 Å². The first-order valence-electron chi connectivity index (χ1n) is 8.50. The number of hydrogen-bond acceptors (Lipinski definition) is 4. The lowest BCUT2D eigenvalue weighted by atomic mass is 10.1. The molecule has 1 atom stereocenters. The number of benzene rings is 2. The first-order chi connectivity index (χ1) is 12.5. The quantitative estimate of drug-likeness (QED) is 0.561. The third kappa shape index (κ3) is 5.51. The molecule has 0 radical (unpaired) electrons. The first-order valence-corrected chi connectivity index (χ1v) is 9.86. The first kappa shape index (κ1) is 18.8. The summed E-state index contributed by atoms with van der Waals surface area (Å²) in [5.74, 6) is 0.0640. The smallest absolute Gasteiger partial charge is 0.338 e. The third-order valence-corrected chi connectivity index (χ3v) is 5.32. The molecule has 1 N–H and O–H groups in total. The lowest BCUT2D eigenvalue weighted by molar-refractivity contribution is -0.129. The van der Waals surface area contributed by atoms with Crippen LogP contribution in [0.1, 0.15) is 35.7 Å². The van der Waals surface area contributed by atoms with Crippen LogP contribution in [0.3, 0.4) is 0 Å². The van der Waals surface area contributed by atoms with Gasteiger partial charge in [-0.25, -0.2) is 4.79 Å². The Morgan fingerprint density at radius 2 is 1.81 bits per heavy atom. The van der Waals surface area contributed by atoms with Crippen molar-refractivity contribution >= 4 is 35.2 Å². The lowest BCUT2D eigenvalue weighted by Gasteiger charge is -2.13. The molecule has 0 aliphatic heterocycles. The summed E-state index contributed by atoms with van der Waals surface area (Å²) >= 11 is 7.58. The van der Waals surface area contributed by atoms with E-state index in [1.165, 1.54) is 0 Å². The molecule has 2 aromatic rings. The van der Waals surface area contributed by atoms with Crippen LogP contribution in [-0.2, 0) is 15.3 Å². The van der Waals surface area contributed by atoms with Gasteiger partial charge in [0.15, 0.2) is 6.10 Å². The van der Waals surface area contributed by atoms with Crippen LogP contribution in [0.2, 0.25) is 5.02 Å². The van der Waals surface area contributed by atoms with Gasteiger partial charge in [0, 0.05) is 21.7 Å². The Labute approximate surface area is 162 Å². The van der Waals surface area contributed by atoms with Gasteiger partial charge in [0.1, 0.15) is 0 Å². The summed E-state index contributed by atoms with van der Waals surface area (Å²) in [5.41, 5.74) is 1.54. The Morgan fingerprint density at radius 3 is 2.42 bits per heavy atom. The molecule has 6 heteroatoms. The summed E-state index contributed by atoms with van der Waals surface area (Å²) in [6.45, 7) is 1.59. The van der Waals surface area contributed by atoms with E-state index in [1.807, 2.05) is 36.4 Å². The average molecular weight is 390 g/mol. The van der Waals surface area contributed by atoms with Gasteiger partial charge in [-0.3, -0.25) is 4.79 Å². The molecule has 3 rings (SSSR count). The molecule has 26 heavy (non-hydrogen) atoms. The molecular formula is C20H20ClNO3S. The zero-order valence-corrected chi connectivity index (χ0v) is 16.0. The highest BCUT2D eigenvalue weighted by atomic mass is 35.5. The van der Waals surface area contributed by atoms with Gasteiger partial charge in [0.25, 0.3) is 5.91 Å². The van der Waals surface area contributed by atoms with Crippen LogP contribution in [0.4, 0.5) is 0 Å². The average Bonchev–Trinajstić information content (AvgIpc) is 3.45. The van der Waals surface area contributed by atoms with E-state index < -0.39 is 12.1 Å². The van der Waals surface area contributed by atoms with E-state index in [-0.39, 0.29) is 11.9 Å². The number of rotatable bonds is 7. The van der Waals surface area contributed by atoms with E-state index in [9.17, 15) is 9.59 Å². The van der Waals surface area contributed by atoms with E-state index in [1.54, 1.807) is 30.8 Å². The van der Waals surface area contributed by atoms with Crippen LogP contribution in [0.5, 0.6) is 0 Å². The summed E-state index contributed by atoms with van der Waals surface area (Å²) in [4.78, 5) is 25.2. The van der Waals surface area contributed by atoms with Gasteiger partial charge in [-0.1, -0.05) is 23.7 Å². The van der Waals surface area contributed by atoms with Gasteiger partial charge < -0.3 is 10.1 Å². The molecule has 136 valence electrons. The van der Waals surface area contributed by atoms with Crippen molar-refractivity contribution in [3.63, 3.8) is 0 Å². The molecule has 0 bridgehead atoms. The van der Waals surface area contributed by atoms with Crippen molar-refractivity contribution in [3.05, 3.63) is 64.7 Å². The van der Waals surface area contributed by atoms with Gasteiger partial charge in [0.05, 0.1) is 5.56 Å². The SMILES string of the molecule is C[C@@H](OC(=O)c1ccc(CSc2ccc(Cl)cc2)cc1)C(=O)NC1CC1. The maximum Gasteiger partial charge on any atom is 0.338 e. The topological polar surface area (TPSA) is 55.4 Å². The van der Waals surface area contributed by atoms with E-state index in [2.05, 4.69) is 5.32 Å². The second-order valence-electron chi connectivity index (χ2n) is 6.27. The predicted octanol–water partition coefficient (Wildman–Crippen LogP) is 4.46. The number of carbonyl (C=O) groups is 2. The molecule has 0 heterocycles. The van der Waals surface area contributed by atoms with Crippen LogP contribution in [-0.4, -0.2) is 24.0 Å². The van der Waals surface area contributed by atoms with E-state index in [0.29, 0.717) is 5.56 Å². The second kappa shape index (κ2) is 8.60. The Balaban J connectivity index is 1.50. The van der Waals surface area contributed by atoms with Crippen molar-refractivity contribution in [1.29, 1.82) is 0 Å². The second-order valence-corrected chi connectivity index (χ2v) is 7.76. The highest BCUT2D eigenvalue weighted by Crippen LogP contribution is 2.24. The minimum Gasteiger partial charge on any atom is -0.449 e. The summed E-state index contributed by atoms with van der Waals surface area (Å²) < 4.78 is 5.24. The van der Waals surface area contributed by atoms with Crippen LogP contribution in [0.25, 0.3) is 0 Å². The molecule has 0 saturated heterocycles. The zero-order chi connectivity index (χ0) is 18.5. The third-order valence-electron chi connectivity index (χ3n) is 3.99. The van der Waals surface area contributed by atoms with Gasteiger partial charge in [-0.2, -0.15) is 0 Å². The number of halogens is 1. The van der Waals surface area contributed by atoms with Gasteiger partial charge in [0.2, 0.25) is 0 Å². The van der Waals surface area contributed by atoms with Gasteiger partial charge in [-0.15, -0.1) is 11.8 Å². The number of thioether (sulfide) groups is 1. The van der Waals surface area contributed by atoms with E-state index in [0.717, 1.165) is 34.1 Å². The molecule has 1 aliphatic rings. The summed E-state index contributed by atoms with van der Waals surface area (Å²) in [6, 6.07) is 15.2. The summed E-state index contributed by atoms with van der Waals surface area (Å²) in [5, 5.41) is 3.55. The summed E-state index contributed by atoms with van der Waals surface area (Å²) in [6.07, 6.45) is 1.22. The zero-order valence-electron chi connectivity index (χ0n) is 14.4. The number of nitrogens with one attached hydrogen (secondary N) is 1. The minimum absolute atomic E-state index is 0.239. The molecular weight excluding hydrogens is 370 g/mol. The molecule has 2 aromatic carbocycles. The number of esters is 1. The predicted molar refractivity (Wildman–Crippen MR) is 103 cm³/mol. The van der Waals surface area contributed by atoms with Crippen molar-refractivity contribution in [1.82, 2.24) is 5.32 Å². The fourth-order valence-electron chi connectivity index (χ4n) is 2.26. The van der Waals surface area contributed by atoms with Gasteiger partial charge >= 0.3 is 5.97 Å². The molecule has 0 aromatic heterocycles. The van der Waals surface area contributed by atoms with Crippen LogP contribution >= 0.6 is 23.4 Å². The molecule has 1 aliphatic carbocycles.